The molecule has 0 aliphatic carbocycles. The van der Waals surface area contributed by atoms with Gasteiger partial charge in [0.1, 0.15) is 0 Å². The lowest BCUT2D eigenvalue weighted by Crippen LogP contribution is -2.21. The first-order valence-corrected chi connectivity index (χ1v) is 9.64. The minimum atomic E-state index is -0.465. The lowest BCUT2D eigenvalue weighted by atomic mass is 10.0. The predicted molar refractivity (Wildman–Crippen MR) is 122 cm³/mol. The highest BCUT2D eigenvalue weighted by Gasteiger charge is 2.15. The van der Waals surface area contributed by atoms with Crippen LogP contribution in [0.15, 0.2) is 72.8 Å². The fourth-order valence-corrected chi connectivity index (χ4v) is 3.23. The molecular weight excluding hydrogens is 489 g/mol. The highest BCUT2D eigenvalue weighted by Crippen LogP contribution is 2.23. The van der Waals surface area contributed by atoms with Crippen LogP contribution in [0.5, 0.6) is 0 Å². The van der Waals surface area contributed by atoms with Gasteiger partial charge >= 0.3 is 0 Å². The average Bonchev–Trinajstić information content (AvgIpc) is 2.70. The predicted octanol–water partition coefficient (Wildman–Crippen LogP) is 5.24. The van der Waals surface area contributed by atoms with E-state index in [-0.39, 0.29) is 16.6 Å². The van der Waals surface area contributed by atoms with Crippen LogP contribution in [-0.2, 0) is 0 Å². The van der Waals surface area contributed by atoms with Gasteiger partial charge in [0.05, 0.1) is 10.6 Å². The molecule has 8 heteroatoms. The number of nitrogens with one attached hydrogen (secondary N) is 2. The van der Waals surface area contributed by atoms with E-state index in [1.807, 2.05) is 24.3 Å². The van der Waals surface area contributed by atoms with Crippen molar-refractivity contribution >= 4 is 62.8 Å². The van der Waals surface area contributed by atoms with Crippen molar-refractivity contribution in [3.63, 3.8) is 0 Å². The summed E-state index contributed by atoms with van der Waals surface area (Å²) in [6, 6.07) is 20.4. The third kappa shape index (κ3) is 4.90. The molecule has 0 radical (unpaired) electrons. The summed E-state index contributed by atoms with van der Waals surface area (Å²) in [5.74, 6) is -0.111. The largest absolute Gasteiger partial charge is 0.332 e. The molecule has 28 heavy (non-hydrogen) atoms. The van der Waals surface area contributed by atoms with E-state index in [1.54, 1.807) is 36.4 Å². The van der Waals surface area contributed by atoms with Gasteiger partial charge in [-0.05, 0) is 65.1 Å². The fraction of sp³-hybridized carbons (Fsp3) is 0. The molecule has 0 heterocycles. The topological polar surface area (TPSA) is 84.3 Å². The van der Waals surface area contributed by atoms with Crippen LogP contribution in [0.3, 0.4) is 0 Å². The summed E-state index contributed by atoms with van der Waals surface area (Å²) in [6.07, 6.45) is 0. The maximum Gasteiger partial charge on any atom is 0.269 e. The molecule has 0 atom stereocenters. The Morgan fingerprint density at radius 1 is 0.964 bits per heavy atom. The number of nitro groups is 1. The van der Waals surface area contributed by atoms with Crippen molar-refractivity contribution < 1.29 is 9.72 Å². The summed E-state index contributed by atoms with van der Waals surface area (Å²) < 4.78 is 0.927. The van der Waals surface area contributed by atoms with Crippen LogP contribution in [0.1, 0.15) is 15.9 Å². The van der Waals surface area contributed by atoms with Gasteiger partial charge in [-0.1, -0.05) is 30.3 Å². The van der Waals surface area contributed by atoms with E-state index in [0.29, 0.717) is 22.5 Å². The van der Waals surface area contributed by atoms with Crippen LogP contribution in [0.4, 0.5) is 17.1 Å². The van der Waals surface area contributed by atoms with E-state index >= 15 is 0 Å². The molecule has 0 aromatic heterocycles. The van der Waals surface area contributed by atoms with Crippen LogP contribution in [-0.4, -0.2) is 15.8 Å². The zero-order chi connectivity index (χ0) is 20.1. The van der Waals surface area contributed by atoms with Crippen LogP contribution in [0, 0.1) is 13.7 Å². The SMILES string of the molecule is O=C(c1ccccc1)c1cc(I)ccc1NC(=S)Nc1ccc([N+](=O)[O-])cc1. The zero-order valence-corrected chi connectivity index (χ0v) is 17.4. The first-order chi connectivity index (χ1) is 13.4. The van der Waals surface area contributed by atoms with Crippen molar-refractivity contribution in [1.29, 1.82) is 0 Å². The van der Waals surface area contributed by atoms with Gasteiger partial charge < -0.3 is 10.6 Å². The van der Waals surface area contributed by atoms with E-state index < -0.39 is 4.92 Å². The van der Waals surface area contributed by atoms with Crippen molar-refractivity contribution in [1.82, 2.24) is 0 Å². The lowest BCUT2D eigenvalue weighted by Gasteiger charge is -2.14. The van der Waals surface area contributed by atoms with Gasteiger partial charge in [-0.2, -0.15) is 0 Å². The number of thiocarbonyl (C=S) groups is 1. The van der Waals surface area contributed by atoms with E-state index in [1.165, 1.54) is 12.1 Å². The normalized spacial score (nSPS) is 10.2. The number of hydrogen-bond donors (Lipinski definition) is 2. The maximum absolute atomic E-state index is 12.9. The Morgan fingerprint density at radius 2 is 1.64 bits per heavy atom. The molecule has 3 rings (SSSR count). The Hall–Kier alpha value is -2.85. The minimum absolute atomic E-state index is 0.00203. The number of carbonyl (C=O) groups excluding carboxylic acids is 1. The number of benzene rings is 3. The molecule has 140 valence electrons. The number of nitrogens with zero attached hydrogens (tertiary/aromatic N) is 1. The summed E-state index contributed by atoms with van der Waals surface area (Å²) in [6.45, 7) is 0. The second-order valence-corrected chi connectivity index (χ2v) is 7.42. The van der Waals surface area contributed by atoms with Crippen LogP contribution >= 0.6 is 34.8 Å². The highest BCUT2D eigenvalue weighted by molar-refractivity contribution is 14.1. The van der Waals surface area contributed by atoms with E-state index in [0.717, 1.165) is 3.57 Å². The molecule has 0 bridgehead atoms. The van der Waals surface area contributed by atoms with E-state index in [9.17, 15) is 14.9 Å². The third-order valence-corrected chi connectivity index (χ3v) is 4.72. The van der Waals surface area contributed by atoms with E-state index in [4.69, 9.17) is 12.2 Å². The van der Waals surface area contributed by atoms with Gasteiger partial charge in [-0.15, -0.1) is 0 Å². The fourth-order valence-electron chi connectivity index (χ4n) is 2.51. The summed E-state index contributed by atoms with van der Waals surface area (Å²) in [5.41, 5.74) is 2.27. The molecule has 0 saturated carbocycles. The molecular formula is C20H14IN3O3S. The number of hydrogen-bond acceptors (Lipinski definition) is 4. The molecule has 0 amide bonds. The smallest absolute Gasteiger partial charge is 0.269 e. The van der Waals surface area contributed by atoms with Gasteiger partial charge in [0.25, 0.3) is 5.69 Å². The second kappa shape index (κ2) is 8.89. The molecule has 3 aromatic carbocycles. The zero-order valence-electron chi connectivity index (χ0n) is 14.4. The monoisotopic (exact) mass is 503 g/mol. The van der Waals surface area contributed by atoms with Crippen molar-refractivity contribution in [2.24, 2.45) is 0 Å². The number of ketones is 1. The van der Waals surface area contributed by atoms with E-state index in [2.05, 4.69) is 33.2 Å². The van der Waals surface area contributed by atoms with Gasteiger partial charge in [-0.25, -0.2) is 0 Å². The Bertz CT molecular complexity index is 1040. The Labute approximate surface area is 180 Å². The Morgan fingerprint density at radius 3 is 2.29 bits per heavy atom. The lowest BCUT2D eigenvalue weighted by molar-refractivity contribution is -0.384. The van der Waals surface area contributed by atoms with Crippen LogP contribution in [0.25, 0.3) is 0 Å². The van der Waals surface area contributed by atoms with Gasteiger partial charge in [0, 0.05) is 32.5 Å². The molecule has 0 aliphatic heterocycles. The summed E-state index contributed by atoms with van der Waals surface area (Å²) in [4.78, 5) is 23.2. The molecule has 0 spiro atoms. The van der Waals surface area contributed by atoms with Crippen LogP contribution < -0.4 is 10.6 Å². The molecule has 0 aliphatic rings. The van der Waals surface area contributed by atoms with Gasteiger partial charge in [0.2, 0.25) is 0 Å². The van der Waals surface area contributed by atoms with Gasteiger partial charge in [-0.3, -0.25) is 14.9 Å². The molecule has 2 N–H and O–H groups in total. The number of carbonyl (C=O) groups is 1. The minimum Gasteiger partial charge on any atom is -0.332 e. The van der Waals surface area contributed by atoms with Gasteiger partial charge in [0.15, 0.2) is 10.9 Å². The first kappa shape index (κ1) is 19.9. The quantitative estimate of drug-likeness (QED) is 0.163. The number of anilines is 2. The summed E-state index contributed by atoms with van der Waals surface area (Å²) >= 11 is 7.48. The van der Waals surface area contributed by atoms with Crippen molar-refractivity contribution in [2.45, 2.75) is 0 Å². The Kier molecular flexibility index (Phi) is 6.32. The third-order valence-electron chi connectivity index (χ3n) is 3.85. The van der Waals surface area contributed by atoms with Crippen molar-refractivity contribution in [2.75, 3.05) is 10.6 Å². The summed E-state index contributed by atoms with van der Waals surface area (Å²) in [7, 11) is 0. The first-order valence-electron chi connectivity index (χ1n) is 8.16. The molecule has 0 fully saturated rings. The maximum atomic E-state index is 12.9. The number of nitro benzene ring substituents is 1. The van der Waals surface area contributed by atoms with Crippen LogP contribution in [0.2, 0.25) is 0 Å². The molecule has 0 unspecified atom stereocenters. The molecule has 6 nitrogen and oxygen atoms in total. The standard InChI is InChI=1S/C20H14IN3O3S/c21-14-6-11-18(17(12-14)19(25)13-4-2-1-3-5-13)23-20(28)22-15-7-9-16(10-8-15)24(26)27/h1-12H,(H2,22,23,28). The number of non-ortho nitro benzene ring substituents is 1. The summed E-state index contributed by atoms with van der Waals surface area (Å²) in [5, 5.41) is 17.0. The highest BCUT2D eigenvalue weighted by atomic mass is 127. The second-order valence-electron chi connectivity index (χ2n) is 5.77. The molecule has 0 saturated heterocycles. The number of halogens is 1. The average molecular weight is 503 g/mol. The van der Waals surface area contributed by atoms with Crippen molar-refractivity contribution in [3.05, 3.63) is 97.6 Å². The Balaban J connectivity index is 1.79. The van der Waals surface area contributed by atoms with Crippen molar-refractivity contribution in [3.8, 4) is 0 Å². The molecule has 3 aromatic rings. The number of rotatable bonds is 5.